The Balaban J connectivity index is 2.03. The van der Waals surface area contributed by atoms with E-state index in [2.05, 4.69) is 38.3 Å². The number of H-pyrrole nitrogens is 1. The molecule has 0 atom stereocenters. The van der Waals surface area contributed by atoms with Crippen LogP contribution in [0.2, 0.25) is 0 Å². The number of nitrogens with two attached hydrogens (primary N) is 1. The van der Waals surface area contributed by atoms with Gasteiger partial charge in [-0.25, -0.2) is 0 Å². The van der Waals surface area contributed by atoms with Gasteiger partial charge in [-0.15, -0.1) is 0 Å². The molecule has 3 rings (SSSR count). The summed E-state index contributed by atoms with van der Waals surface area (Å²) in [5.74, 6) is 1.17. The number of aromatic nitrogens is 2. The van der Waals surface area contributed by atoms with Gasteiger partial charge in [0.1, 0.15) is 0 Å². The number of aromatic amines is 1. The number of halogens is 1. The van der Waals surface area contributed by atoms with Crippen LogP contribution in [0.4, 0.5) is 5.82 Å². The standard InChI is InChI=1S/C16H20BrN3/c17-13-10-6-5-9-12(13)14-15(19-20-16(14)18)11-7-3-1-2-4-8-11/h5-6,9-11H,1-4,7-8H2,(H3,18,19,20). The average Bonchev–Trinajstić information content (AvgIpc) is 2.67. The van der Waals surface area contributed by atoms with E-state index >= 15 is 0 Å². The number of anilines is 1. The van der Waals surface area contributed by atoms with Crippen molar-refractivity contribution in [3.8, 4) is 11.1 Å². The predicted molar refractivity (Wildman–Crippen MR) is 86.6 cm³/mol. The van der Waals surface area contributed by atoms with Crippen molar-refractivity contribution in [1.29, 1.82) is 0 Å². The fourth-order valence-corrected chi connectivity index (χ4v) is 3.66. The third-order valence-electron chi connectivity index (χ3n) is 4.23. The van der Waals surface area contributed by atoms with Crippen LogP contribution in [0, 0.1) is 0 Å². The molecular weight excluding hydrogens is 314 g/mol. The van der Waals surface area contributed by atoms with E-state index in [-0.39, 0.29) is 0 Å². The van der Waals surface area contributed by atoms with Gasteiger partial charge in [-0.2, -0.15) is 5.10 Å². The molecule has 0 spiro atoms. The molecule has 3 N–H and O–H groups in total. The maximum Gasteiger partial charge on any atom is 0.153 e. The highest BCUT2D eigenvalue weighted by molar-refractivity contribution is 9.10. The first-order valence-corrected chi connectivity index (χ1v) is 8.15. The van der Waals surface area contributed by atoms with E-state index in [0.717, 1.165) is 15.6 Å². The van der Waals surface area contributed by atoms with Gasteiger partial charge < -0.3 is 5.73 Å². The molecule has 1 aromatic heterocycles. The van der Waals surface area contributed by atoms with Gasteiger partial charge in [0.15, 0.2) is 5.82 Å². The summed E-state index contributed by atoms with van der Waals surface area (Å²) < 4.78 is 1.07. The molecule has 20 heavy (non-hydrogen) atoms. The van der Waals surface area contributed by atoms with Crippen molar-refractivity contribution >= 4 is 21.7 Å². The summed E-state index contributed by atoms with van der Waals surface area (Å²) in [5.41, 5.74) is 9.57. The molecule has 1 aliphatic rings. The molecule has 106 valence electrons. The Kier molecular flexibility index (Phi) is 4.10. The van der Waals surface area contributed by atoms with Crippen molar-refractivity contribution in [2.45, 2.75) is 44.4 Å². The van der Waals surface area contributed by atoms with Gasteiger partial charge in [0.25, 0.3) is 0 Å². The second-order valence-corrected chi connectivity index (χ2v) is 6.42. The molecule has 0 radical (unpaired) electrons. The monoisotopic (exact) mass is 333 g/mol. The highest BCUT2D eigenvalue weighted by Crippen LogP contribution is 2.40. The molecule has 1 fully saturated rings. The number of hydrogen-bond acceptors (Lipinski definition) is 2. The van der Waals surface area contributed by atoms with Gasteiger partial charge in [-0.1, -0.05) is 59.8 Å². The van der Waals surface area contributed by atoms with Crippen molar-refractivity contribution in [3.63, 3.8) is 0 Å². The fraction of sp³-hybridized carbons (Fsp3) is 0.438. The van der Waals surface area contributed by atoms with Gasteiger partial charge in [0.2, 0.25) is 0 Å². The first kappa shape index (κ1) is 13.7. The Hall–Kier alpha value is -1.29. The van der Waals surface area contributed by atoms with Crippen LogP contribution in [-0.4, -0.2) is 10.2 Å². The number of benzene rings is 1. The van der Waals surface area contributed by atoms with Crippen LogP contribution in [0.25, 0.3) is 11.1 Å². The first-order valence-electron chi connectivity index (χ1n) is 7.36. The molecule has 1 aromatic carbocycles. The second kappa shape index (κ2) is 6.00. The summed E-state index contributed by atoms with van der Waals surface area (Å²) in [6, 6.07) is 8.22. The van der Waals surface area contributed by atoms with Gasteiger partial charge in [-0.05, 0) is 18.9 Å². The maximum atomic E-state index is 6.12. The summed E-state index contributed by atoms with van der Waals surface area (Å²) in [4.78, 5) is 0. The van der Waals surface area contributed by atoms with Crippen LogP contribution < -0.4 is 5.73 Å². The van der Waals surface area contributed by atoms with Gasteiger partial charge in [-0.3, -0.25) is 5.10 Å². The van der Waals surface area contributed by atoms with Crippen LogP contribution >= 0.6 is 15.9 Å². The van der Waals surface area contributed by atoms with E-state index in [0.29, 0.717) is 11.7 Å². The topological polar surface area (TPSA) is 54.7 Å². The lowest BCUT2D eigenvalue weighted by molar-refractivity contribution is 0.577. The van der Waals surface area contributed by atoms with Gasteiger partial charge in [0.05, 0.1) is 0 Å². The fourth-order valence-electron chi connectivity index (χ4n) is 3.18. The van der Waals surface area contributed by atoms with E-state index < -0.39 is 0 Å². The van der Waals surface area contributed by atoms with E-state index in [1.165, 1.54) is 44.2 Å². The lowest BCUT2D eigenvalue weighted by atomic mass is 9.91. The zero-order valence-electron chi connectivity index (χ0n) is 11.5. The van der Waals surface area contributed by atoms with E-state index in [1.807, 2.05) is 12.1 Å². The van der Waals surface area contributed by atoms with Crippen LogP contribution in [0.15, 0.2) is 28.7 Å². The van der Waals surface area contributed by atoms with E-state index in [1.54, 1.807) is 0 Å². The van der Waals surface area contributed by atoms with E-state index in [4.69, 9.17) is 5.73 Å². The number of nitrogens with one attached hydrogen (secondary N) is 1. The van der Waals surface area contributed by atoms with Crippen molar-refractivity contribution in [2.75, 3.05) is 5.73 Å². The number of nitrogens with zero attached hydrogens (tertiary/aromatic N) is 1. The quantitative estimate of drug-likeness (QED) is 0.771. The Morgan fingerprint density at radius 3 is 2.50 bits per heavy atom. The van der Waals surface area contributed by atoms with Crippen molar-refractivity contribution in [3.05, 3.63) is 34.4 Å². The minimum absolute atomic E-state index is 0.560. The summed E-state index contributed by atoms with van der Waals surface area (Å²) in [6.07, 6.45) is 7.78. The molecule has 1 aliphatic carbocycles. The van der Waals surface area contributed by atoms with Crippen molar-refractivity contribution in [2.24, 2.45) is 0 Å². The average molecular weight is 334 g/mol. The maximum absolute atomic E-state index is 6.12. The van der Waals surface area contributed by atoms with E-state index in [9.17, 15) is 0 Å². The molecule has 0 aliphatic heterocycles. The van der Waals surface area contributed by atoms with Crippen molar-refractivity contribution < 1.29 is 0 Å². The molecule has 1 heterocycles. The second-order valence-electron chi connectivity index (χ2n) is 5.57. The summed E-state index contributed by atoms with van der Waals surface area (Å²) in [7, 11) is 0. The predicted octanol–water partition coefficient (Wildman–Crippen LogP) is 4.86. The summed E-state index contributed by atoms with van der Waals surface area (Å²) >= 11 is 3.63. The molecule has 0 bridgehead atoms. The number of nitrogen functional groups attached to an aromatic ring is 1. The molecular formula is C16H20BrN3. The molecule has 0 unspecified atom stereocenters. The smallest absolute Gasteiger partial charge is 0.153 e. The highest BCUT2D eigenvalue weighted by atomic mass is 79.9. The first-order chi connectivity index (χ1) is 9.77. The zero-order valence-corrected chi connectivity index (χ0v) is 13.1. The Morgan fingerprint density at radius 1 is 1.10 bits per heavy atom. The van der Waals surface area contributed by atoms with Gasteiger partial charge >= 0.3 is 0 Å². The highest BCUT2D eigenvalue weighted by Gasteiger charge is 2.23. The molecule has 0 amide bonds. The Labute approximate surface area is 128 Å². The van der Waals surface area contributed by atoms with Crippen LogP contribution in [0.3, 0.4) is 0 Å². The molecule has 3 nitrogen and oxygen atoms in total. The third kappa shape index (κ3) is 2.62. The largest absolute Gasteiger partial charge is 0.382 e. The lowest BCUT2D eigenvalue weighted by Gasteiger charge is -2.15. The number of rotatable bonds is 2. The summed E-state index contributed by atoms with van der Waals surface area (Å²) in [5, 5.41) is 7.47. The lowest BCUT2D eigenvalue weighted by Crippen LogP contribution is -2.00. The Morgan fingerprint density at radius 2 is 1.80 bits per heavy atom. The molecule has 0 saturated heterocycles. The SMILES string of the molecule is Nc1n[nH]c(C2CCCCCC2)c1-c1ccccc1Br. The van der Waals surface area contributed by atoms with Crippen LogP contribution in [-0.2, 0) is 0 Å². The number of hydrogen-bond donors (Lipinski definition) is 2. The summed E-state index contributed by atoms with van der Waals surface area (Å²) in [6.45, 7) is 0. The molecule has 1 saturated carbocycles. The molecule has 2 aromatic rings. The van der Waals surface area contributed by atoms with Gasteiger partial charge in [0, 0.05) is 27.2 Å². The van der Waals surface area contributed by atoms with Crippen LogP contribution in [0.5, 0.6) is 0 Å². The third-order valence-corrected chi connectivity index (χ3v) is 4.92. The Bertz CT molecular complexity index is 583. The minimum atomic E-state index is 0.560. The van der Waals surface area contributed by atoms with Crippen LogP contribution in [0.1, 0.15) is 50.1 Å². The minimum Gasteiger partial charge on any atom is -0.382 e. The zero-order chi connectivity index (χ0) is 13.9. The van der Waals surface area contributed by atoms with Crippen molar-refractivity contribution in [1.82, 2.24) is 10.2 Å². The normalized spacial score (nSPS) is 17.1. The molecule has 4 heteroatoms.